The lowest BCUT2D eigenvalue weighted by Crippen LogP contribution is -2.05. The molecule has 14 heavy (non-hydrogen) atoms. The van der Waals surface area contributed by atoms with E-state index >= 15 is 0 Å². The fraction of sp³-hybridized carbons (Fsp3) is 0.182. The predicted molar refractivity (Wildman–Crippen MR) is 53.1 cm³/mol. The van der Waals surface area contributed by atoms with E-state index < -0.39 is 5.91 Å². The smallest absolute Gasteiger partial charge is 0.241 e. The van der Waals surface area contributed by atoms with Crippen molar-refractivity contribution >= 4 is 5.91 Å². The van der Waals surface area contributed by atoms with Gasteiger partial charge in [-0.2, -0.15) is 0 Å². The van der Waals surface area contributed by atoms with Gasteiger partial charge in [-0.15, -0.1) is 0 Å². The normalized spacial score (nSPS) is 10.6. The summed E-state index contributed by atoms with van der Waals surface area (Å²) in [6, 6.07) is 6.41. The molecule has 2 N–H and O–H groups in total. The van der Waals surface area contributed by atoms with Crippen LogP contribution in [0, 0.1) is 5.82 Å². The van der Waals surface area contributed by atoms with Gasteiger partial charge in [-0.1, -0.05) is 18.2 Å². The van der Waals surface area contributed by atoms with Gasteiger partial charge in [-0.3, -0.25) is 4.79 Å². The highest BCUT2D eigenvalue weighted by Gasteiger charge is 1.93. The second-order valence-corrected chi connectivity index (χ2v) is 2.97. The molecule has 0 saturated heterocycles. The second kappa shape index (κ2) is 5.17. The Morgan fingerprint density at radius 1 is 1.50 bits per heavy atom. The van der Waals surface area contributed by atoms with Gasteiger partial charge in [0.25, 0.3) is 0 Å². The number of benzene rings is 1. The highest BCUT2D eigenvalue weighted by molar-refractivity contribution is 5.85. The third kappa shape index (κ3) is 3.85. The summed E-state index contributed by atoms with van der Waals surface area (Å²) in [4.78, 5) is 10.3. The summed E-state index contributed by atoms with van der Waals surface area (Å²) in [5.74, 6) is -0.689. The molecule has 3 heteroatoms. The standard InChI is InChI=1S/C11H12FNO/c12-10-6-3-5-9(8-10)4-1-2-7-11(13)14/h2-3,5-8H,1,4H2,(H2,13,14). The minimum absolute atomic E-state index is 0.235. The van der Waals surface area contributed by atoms with E-state index in [1.807, 2.05) is 6.07 Å². The van der Waals surface area contributed by atoms with Crippen LogP contribution in [-0.4, -0.2) is 5.91 Å². The molecule has 0 aliphatic carbocycles. The number of primary amides is 1. The molecule has 1 aromatic rings. The van der Waals surface area contributed by atoms with Crippen LogP contribution in [0.25, 0.3) is 0 Å². The maximum absolute atomic E-state index is 12.7. The van der Waals surface area contributed by atoms with E-state index in [0.29, 0.717) is 12.8 Å². The van der Waals surface area contributed by atoms with Gasteiger partial charge in [-0.25, -0.2) is 4.39 Å². The van der Waals surface area contributed by atoms with Crippen molar-refractivity contribution in [3.8, 4) is 0 Å². The zero-order valence-electron chi connectivity index (χ0n) is 7.74. The Morgan fingerprint density at radius 2 is 2.29 bits per heavy atom. The third-order valence-corrected chi connectivity index (χ3v) is 1.77. The first-order chi connectivity index (χ1) is 6.68. The van der Waals surface area contributed by atoms with Gasteiger partial charge in [-0.05, 0) is 36.6 Å². The van der Waals surface area contributed by atoms with Crippen molar-refractivity contribution in [2.45, 2.75) is 12.8 Å². The second-order valence-electron chi connectivity index (χ2n) is 2.97. The van der Waals surface area contributed by atoms with Crippen molar-refractivity contribution in [2.75, 3.05) is 0 Å². The van der Waals surface area contributed by atoms with Crippen molar-refractivity contribution in [1.29, 1.82) is 0 Å². The van der Waals surface area contributed by atoms with Crippen molar-refractivity contribution in [3.05, 3.63) is 47.8 Å². The predicted octanol–water partition coefficient (Wildman–Crippen LogP) is 1.80. The molecule has 0 aromatic heterocycles. The van der Waals surface area contributed by atoms with Crippen molar-refractivity contribution < 1.29 is 9.18 Å². The van der Waals surface area contributed by atoms with Gasteiger partial charge in [0.15, 0.2) is 0 Å². The number of halogens is 1. The van der Waals surface area contributed by atoms with Crippen LogP contribution in [0.3, 0.4) is 0 Å². The number of rotatable bonds is 4. The number of carbonyl (C=O) groups is 1. The number of nitrogens with two attached hydrogens (primary N) is 1. The summed E-state index contributed by atoms with van der Waals surface area (Å²) in [5, 5.41) is 0. The lowest BCUT2D eigenvalue weighted by atomic mass is 10.1. The minimum Gasteiger partial charge on any atom is -0.366 e. The lowest BCUT2D eigenvalue weighted by Gasteiger charge is -1.97. The van der Waals surface area contributed by atoms with Crippen molar-refractivity contribution in [1.82, 2.24) is 0 Å². The van der Waals surface area contributed by atoms with Gasteiger partial charge >= 0.3 is 0 Å². The summed E-state index contributed by atoms with van der Waals surface area (Å²) < 4.78 is 12.7. The molecule has 0 aliphatic rings. The minimum atomic E-state index is -0.454. The number of hydrogen-bond donors (Lipinski definition) is 1. The Bertz CT molecular complexity index is 347. The van der Waals surface area contributed by atoms with Gasteiger partial charge in [0.05, 0.1) is 0 Å². The number of carbonyl (C=O) groups excluding carboxylic acids is 1. The Morgan fingerprint density at radius 3 is 2.93 bits per heavy atom. The molecule has 0 unspecified atom stereocenters. The molecule has 0 spiro atoms. The lowest BCUT2D eigenvalue weighted by molar-refractivity contribution is -0.113. The largest absolute Gasteiger partial charge is 0.366 e. The maximum atomic E-state index is 12.7. The average Bonchev–Trinajstić information content (AvgIpc) is 2.12. The molecule has 1 aromatic carbocycles. The zero-order chi connectivity index (χ0) is 10.4. The Kier molecular flexibility index (Phi) is 3.85. The first kappa shape index (κ1) is 10.4. The van der Waals surface area contributed by atoms with Crippen LogP contribution in [0.5, 0.6) is 0 Å². The van der Waals surface area contributed by atoms with E-state index in [1.54, 1.807) is 12.1 Å². The molecule has 0 radical (unpaired) electrons. The molecule has 0 bridgehead atoms. The summed E-state index contributed by atoms with van der Waals surface area (Å²) in [7, 11) is 0. The molecular weight excluding hydrogens is 181 g/mol. The van der Waals surface area contributed by atoms with Crippen LogP contribution >= 0.6 is 0 Å². The van der Waals surface area contributed by atoms with E-state index in [1.165, 1.54) is 18.2 Å². The molecule has 2 nitrogen and oxygen atoms in total. The quantitative estimate of drug-likeness (QED) is 0.728. The number of amides is 1. The van der Waals surface area contributed by atoms with Gasteiger partial charge < -0.3 is 5.73 Å². The Balaban J connectivity index is 2.42. The van der Waals surface area contributed by atoms with E-state index in [0.717, 1.165) is 5.56 Å². The molecule has 0 saturated carbocycles. The van der Waals surface area contributed by atoms with Gasteiger partial charge in [0.2, 0.25) is 5.91 Å². The molecule has 0 atom stereocenters. The zero-order valence-corrected chi connectivity index (χ0v) is 7.74. The monoisotopic (exact) mass is 193 g/mol. The summed E-state index contributed by atoms with van der Waals surface area (Å²) in [6.45, 7) is 0. The Hall–Kier alpha value is -1.64. The summed E-state index contributed by atoms with van der Waals surface area (Å²) in [5.41, 5.74) is 5.83. The highest BCUT2D eigenvalue weighted by atomic mass is 19.1. The van der Waals surface area contributed by atoms with Crippen LogP contribution in [0.15, 0.2) is 36.4 Å². The van der Waals surface area contributed by atoms with Crippen LogP contribution in [0.2, 0.25) is 0 Å². The van der Waals surface area contributed by atoms with Crippen molar-refractivity contribution in [3.63, 3.8) is 0 Å². The SMILES string of the molecule is NC(=O)C=CCCc1cccc(F)c1. The highest BCUT2D eigenvalue weighted by Crippen LogP contribution is 2.06. The topological polar surface area (TPSA) is 43.1 Å². The van der Waals surface area contributed by atoms with E-state index in [4.69, 9.17) is 5.73 Å². The van der Waals surface area contributed by atoms with E-state index in [2.05, 4.69) is 0 Å². The third-order valence-electron chi connectivity index (χ3n) is 1.77. The number of hydrogen-bond acceptors (Lipinski definition) is 1. The van der Waals surface area contributed by atoms with Crippen molar-refractivity contribution in [2.24, 2.45) is 5.73 Å². The fourth-order valence-corrected chi connectivity index (χ4v) is 1.14. The Labute approximate surface area is 82.2 Å². The molecule has 0 fully saturated rings. The van der Waals surface area contributed by atoms with Crippen LogP contribution in [0.4, 0.5) is 4.39 Å². The first-order valence-corrected chi connectivity index (χ1v) is 4.39. The maximum Gasteiger partial charge on any atom is 0.241 e. The number of aryl methyl sites for hydroxylation is 1. The first-order valence-electron chi connectivity index (χ1n) is 4.39. The van der Waals surface area contributed by atoms with Crippen LogP contribution < -0.4 is 5.73 Å². The molecule has 74 valence electrons. The van der Waals surface area contributed by atoms with Crippen LogP contribution in [0.1, 0.15) is 12.0 Å². The van der Waals surface area contributed by atoms with Gasteiger partial charge in [0, 0.05) is 0 Å². The van der Waals surface area contributed by atoms with Gasteiger partial charge in [0.1, 0.15) is 5.82 Å². The van der Waals surface area contributed by atoms with Crippen LogP contribution in [-0.2, 0) is 11.2 Å². The molecule has 0 heterocycles. The molecule has 0 aliphatic heterocycles. The number of allylic oxidation sites excluding steroid dienone is 1. The van der Waals surface area contributed by atoms with E-state index in [-0.39, 0.29) is 5.82 Å². The molecule has 1 rings (SSSR count). The summed E-state index contributed by atoms with van der Waals surface area (Å²) in [6.07, 6.45) is 4.40. The summed E-state index contributed by atoms with van der Waals surface area (Å²) >= 11 is 0. The van der Waals surface area contributed by atoms with E-state index in [9.17, 15) is 9.18 Å². The molecular formula is C11H12FNO. The average molecular weight is 193 g/mol. The fourth-order valence-electron chi connectivity index (χ4n) is 1.14. The molecule has 1 amide bonds.